The summed E-state index contributed by atoms with van der Waals surface area (Å²) in [4.78, 5) is 35.3. The molecule has 1 aromatic carbocycles. The Bertz CT molecular complexity index is 1120. The van der Waals surface area contributed by atoms with Crippen molar-refractivity contribution in [2.75, 3.05) is 39.3 Å². The van der Waals surface area contributed by atoms with Crippen molar-refractivity contribution in [3.8, 4) is 0 Å². The molecule has 0 saturated carbocycles. The maximum atomic E-state index is 13.5. The third-order valence-electron chi connectivity index (χ3n) is 6.60. The maximum Gasteiger partial charge on any atom is 0.253 e. The minimum absolute atomic E-state index is 0.0267. The Morgan fingerprint density at radius 3 is 2.70 bits per heavy atom. The molecule has 0 spiro atoms. The highest BCUT2D eigenvalue weighted by Gasteiger charge is 2.34. The summed E-state index contributed by atoms with van der Waals surface area (Å²) in [5, 5.41) is 4.24. The molecule has 33 heavy (non-hydrogen) atoms. The summed E-state index contributed by atoms with van der Waals surface area (Å²) >= 11 is 3.52. The van der Waals surface area contributed by atoms with Gasteiger partial charge in [-0.2, -0.15) is 0 Å². The van der Waals surface area contributed by atoms with Gasteiger partial charge in [0.15, 0.2) is 0 Å². The second-order valence-electron chi connectivity index (χ2n) is 8.85. The van der Waals surface area contributed by atoms with Crippen molar-refractivity contribution >= 4 is 34.5 Å². The minimum atomic E-state index is 0.0267. The Morgan fingerprint density at radius 1 is 0.970 bits per heavy atom. The van der Waals surface area contributed by atoms with Gasteiger partial charge in [0, 0.05) is 48.0 Å². The normalized spacial score (nSPS) is 19.2. The van der Waals surface area contributed by atoms with Crippen molar-refractivity contribution in [2.45, 2.75) is 25.8 Å². The van der Waals surface area contributed by atoms with Gasteiger partial charge in [0.2, 0.25) is 5.91 Å². The fourth-order valence-corrected chi connectivity index (χ4v) is 6.67. The first-order valence-corrected chi connectivity index (χ1v) is 13.3. The highest BCUT2D eigenvalue weighted by molar-refractivity contribution is 7.10. The van der Waals surface area contributed by atoms with Crippen LogP contribution in [0.5, 0.6) is 0 Å². The molecule has 2 amide bonds. The summed E-state index contributed by atoms with van der Waals surface area (Å²) < 4.78 is 0. The van der Waals surface area contributed by atoms with Gasteiger partial charge in [0.05, 0.1) is 12.6 Å². The van der Waals surface area contributed by atoms with Gasteiger partial charge in [0.25, 0.3) is 5.91 Å². The van der Waals surface area contributed by atoms with E-state index in [9.17, 15) is 9.59 Å². The molecule has 7 heteroatoms. The van der Waals surface area contributed by atoms with Gasteiger partial charge in [-0.1, -0.05) is 23.8 Å². The van der Waals surface area contributed by atoms with Crippen LogP contribution in [0.4, 0.5) is 0 Å². The molecule has 0 aliphatic carbocycles. The van der Waals surface area contributed by atoms with Gasteiger partial charge >= 0.3 is 0 Å². The van der Waals surface area contributed by atoms with E-state index in [0.717, 1.165) is 50.1 Å². The summed E-state index contributed by atoms with van der Waals surface area (Å²) in [5.74, 6) is 0.273. The van der Waals surface area contributed by atoms with Crippen LogP contribution in [0.2, 0.25) is 0 Å². The summed E-state index contributed by atoms with van der Waals surface area (Å²) in [6, 6.07) is 14.2. The molecule has 1 atom stereocenters. The zero-order chi connectivity index (χ0) is 22.8. The van der Waals surface area contributed by atoms with Crippen LogP contribution < -0.4 is 0 Å². The van der Waals surface area contributed by atoms with E-state index in [-0.39, 0.29) is 17.9 Å². The van der Waals surface area contributed by atoms with Crippen molar-refractivity contribution in [3.05, 3.63) is 79.7 Å². The standard InChI is InChI=1S/C26H29N3O2S2/c1-19-5-2-6-20(17-19)26(31)28-11-4-10-27(13-14-28)18-24(30)29-12-8-22-21(9-16-33-22)25(29)23-7-3-15-32-23/h2-3,5-7,9,15-17,25H,4,8,10-14,18H2,1H3. The van der Waals surface area contributed by atoms with E-state index in [1.54, 1.807) is 22.7 Å². The summed E-state index contributed by atoms with van der Waals surface area (Å²) in [5.41, 5.74) is 3.13. The van der Waals surface area contributed by atoms with Crippen LogP contribution in [0.25, 0.3) is 0 Å². The number of fused-ring (bicyclic) bond motifs is 1. The van der Waals surface area contributed by atoms with E-state index in [4.69, 9.17) is 0 Å². The largest absolute Gasteiger partial charge is 0.337 e. The Hall–Kier alpha value is -2.48. The second-order valence-corrected chi connectivity index (χ2v) is 10.8. The smallest absolute Gasteiger partial charge is 0.253 e. The molecule has 0 bridgehead atoms. The molecule has 1 saturated heterocycles. The second kappa shape index (κ2) is 9.79. The predicted octanol–water partition coefficient (Wildman–Crippen LogP) is 4.44. The van der Waals surface area contributed by atoms with Crippen LogP contribution >= 0.6 is 22.7 Å². The molecule has 3 aromatic rings. The zero-order valence-electron chi connectivity index (χ0n) is 18.9. The van der Waals surface area contributed by atoms with Crippen molar-refractivity contribution in [3.63, 3.8) is 0 Å². The number of carbonyl (C=O) groups is 2. The number of benzene rings is 1. The number of aryl methyl sites for hydroxylation is 1. The topological polar surface area (TPSA) is 43.9 Å². The molecular formula is C26H29N3O2S2. The quantitative estimate of drug-likeness (QED) is 0.556. The molecule has 5 nitrogen and oxygen atoms in total. The van der Waals surface area contributed by atoms with Crippen molar-refractivity contribution < 1.29 is 9.59 Å². The molecule has 2 aliphatic heterocycles. The first-order chi connectivity index (χ1) is 16.1. The molecule has 2 aliphatic rings. The van der Waals surface area contributed by atoms with E-state index >= 15 is 0 Å². The predicted molar refractivity (Wildman–Crippen MR) is 134 cm³/mol. The fourth-order valence-electron chi connectivity index (χ4n) is 4.91. The number of amides is 2. The highest BCUT2D eigenvalue weighted by atomic mass is 32.1. The van der Waals surface area contributed by atoms with Gasteiger partial charge in [0.1, 0.15) is 0 Å². The third-order valence-corrected chi connectivity index (χ3v) is 8.52. The molecule has 1 fully saturated rings. The van der Waals surface area contributed by atoms with E-state index < -0.39 is 0 Å². The summed E-state index contributed by atoms with van der Waals surface area (Å²) in [6.07, 6.45) is 1.81. The number of carbonyl (C=O) groups excluding carboxylic acids is 2. The Labute approximate surface area is 203 Å². The lowest BCUT2D eigenvalue weighted by molar-refractivity contribution is -0.134. The van der Waals surface area contributed by atoms with Gasteiger partial charge in [-0.15, -0.1) is 22.7 Å². The van der Waals surface area contributed by atoms with E-state index in [1.807, 2.05) is 36.1 Å². The lowest BCUT2D eigenvalue weighted by atomic mass is 9.98. The van der Waals surface area contributed by atoms with Crippen LogP contribution in [0.1, 0.15) is 43.7 Å². The monoisotopic (exact) mass is 479 g/mol. The average molecular weight is 480 g/mol. The molecule has 0 N–H and O–H groups in total. The molecule has 4 heterocycles. The molecular weight excluding hydrogens is 450 g/mol. The lowest BCUT2D eigenvalue weighted by Gasteiger charge is -2.36. The van der Waals surface area contributed by atoms with Crippen molar-refractivity contribution in [1.82, 2.24) is 14.7 Å². The van der Waals surface area contributed by atoms with Crippen LogP contribution in [0.15, 0.2) is 53.2 Å². The number of thiophene rings is 2. The molecule has 5 rings (SSSR count). The Balaban J connectivity index is 1.25. The first-order valence-electron chi connectivity index (χ1n) is 11.6. The number of hydrogen-bond acceptors (Lipinski definition) is 5. The average Bonchev–Trinajstić information content (AvgIpc) is 3.47. The Kier molecular flexibility index (Phi) is 6.62. The summed E-state index contributed by atoms with van der Waals surface area (Å²) in [7, 11) is 0. The molecule has 2 aromatic heterocycles. The SMILES string of the molecule is Cc1cccc(C(=O)N2CCCN(CC(=O)N3CCc4sccc4C3c3cccs3)CC2)c1. The molecule has 0 radical (unpaired) electrons. The first kappa shape index (κ1) is 22.3. The van der Waals surface area contributed by atoms with E-state index in [2.05, 4.69) is 38.8 Å². The van der Waals surface area contributed by atoms with Crippen molar-refractivity contribution in [1.29, 1.82) is 0 Å². The number of hydrogen-bond donors (Lipinski definition) is 0. The van der Waals surface area contributed by atoms with Gasteiger partial charge in [-0.25, -0.2) is 0 Å². The number of rotatable bonds is 4. The highest BCUT2D eigenvalue weighted by Crippen LogP contribution is 2.39. The minimum Gasteiger partial charge on any atom is -0.337 e. The lowest BCUT2D eigenvalue weighted by Crippen LogP contribution is -2.46. The van der Waals surface area contributed by atoms with Crippen LogP contribution in [-0.2, 0) is 11.2 Å². The van der Waals surface area contributed by atoms with Crippen molar-refractivity contribution in [2.24, 2.45) is 0 Å². The van der Waals surface area contributed by atoms with E-state index in [1.165, 1.54) is 15.3 Å². The molecule has 172 valence electrons. The molecule has 1 unspecified atom stereocenters. The van der Waals surface area contributed by atoms with E-state index in [0.29, 0.717) is 13.1 Å². The van der Waals surface area contributed by atoms with Gasteiger partial charge < -0.3 is 9.80 Å². The van der Waals surface area contributed by atoms with Gasteiger partial charge in [-0.05, 0) is 60.4 Å². The fraction of sp³-hybridized carbons (Fsp3) is 0.385. The summed E-state index contributed by atoms with van der Waals surface area (Å²) in [6.45, 7) is 6.14. The van der Waals surface area contributed by atoms with Gasteiger partial charge in [-0.3, -0.25) is 14.5 Å². The third kappa shape index (κ3) is 4.76. The Morgan fingerprint density at radius 2 is 1.88 bits per heavy atom. The van der Waals surface area contributed by atoms with Crippen LogP contribution in [0.3, 0.4) is 0 Å². The number of nitrogens with zero attached hydrogens (tertiary/aromatic N) is 3. The zero-order valence-corrected chi connectivity index (χ0v) is 20.5. The van der Waals surface area contributed by atoms with Crippen LogP contribution in [-0.4, -0.2) is 65.8 Å². The van der Waals surface area contributed by atoms with Crippen LogP contribution in [0, 0.1) is 6.92 Å². The maximum absolute atomic E-state index is 13.5.